The number of nitrogens with zero attached hydrogens (tertiary/aromatic N) is 3. The molecule has 3 aromatic rings. The minimum Gasteiger partial charge on any atom is -0.390 e. The second kappa shape index (κ2) is 10.2. The van der Waals surface area contributed by atoms with E-state index in [0.717, 1.165) is 70.9 Å². The molecule has 32 heavy (non-hydrogen) atoms. The molecule has 9 heteroatoms. The Labute approximate surface area is 201 Å². The van der Waals surface area contributed by atoms with Gasteiger partial charge < -0.3 is 15.2 Å². The van der Waals surface area contributed by atoms with Gasteiger partial charge in [0.2, 0.25) is 0 Å². The summed E-state index contributed by atoms with van der Waals surface area (Å²) in [5.74, 6) is 2.36. The number of fused-ring (bicyclic) bond motifs is 3. The first kappa shape index (κ1) is 22.4. The number of nitrogens with one attached hydrogen (secondary N) is 1. The zero-order valence-corrected chi connectivity index (χ0v) is 20.2. The molecular weight excluding hydrogens is 464 g/mol. The third kappa shape index (κ3) is 5.21. The van der Waals surface area contributed by atoms with E-state index in [1.54, 1.807) is 23.1 Å². The van der Waals surface area contributed by atoms with E-state index in [2.05, 4.69) is 10.2 Å². The first-order chi connectivity index (χ1) is 15.7. The lowest BCUT2D eigenvalue weighted by atomic mass is 10.2. The van der Waals surface area contributed by atoms with Crippen molar-refractivity contribution in [3.63, 3.8) is 0 Å². The smallest absolute Gasteiger partial charge is 0.142 e. The van der Waals surface area contributed by atoms with Crippen LogP contribution in [0.15, 0.2) is 29.2 Å². The molecule has 5 rings (SSSR count). The third-order valence-electron chi connectivity index (χ3n) is 5.87. The topological polar surface area (TPSA) is 70.5 Å². The van der Waals surface area contributed by atoms with Gasteiger partial charge in [-0.25, -0.2) is 9.97 Å². The van der Waals surface area contributed by atoms with Gasteiger partial charge in [-0.05, 0) is 49.1 Å². The van der Waals surface area contributed by atoms with Crippen molar-refractivity contribution < 1.29 is 9.84 Å². The second-order valence-corrected chi connectivity index (χ2v) is 10.8. The summed E-state index contributed by atoms with van der Waals surface area (Å²) in [6.45, 7) is 4.34. The van der Waals surface area contributed by atoms with Gasteiger partial charge in [0, 0.05) is 41.0 Å². The average Bonchev–Trinajstić information content (AvgIpc) is 3.39. The van der Waals surface area contributed by atoms with Crippen LogP contribution in [0.3, 0.4) is 0 Å². The third-order valence-corrected chi connectivity index (χ3v) is 8.32. The van der Waals surface area contributed by atoms with Crippen molar-refractivity contribution in [1.82, 2.24) is 14.9 Å². The SMILES string of the molecule is OC(CNc1nc(CSc2ccc(Cl)cc2)nc2sc3c(c12)CCC3)CN1CCOCC1. The highest BCUT2D eigenvalue weighted by Gasteiger charge is 2.23. The fourth-order valence-corrected chi connectivity index (χ4v) is 6.43. The highest BCUT2D eigenvalue weighted by molar-refractivity contribution is 7.98. The zero-order valence-electron chi connectivity index (χ0n) is 17.8. The Morgan fingerprint density at radius 1 is 1.19 bits per heavy atom. The Balaban J connectivity index is 1.32. The van der Waals surface area contributed by atoms with Gasteiger partial charge in [0.15, 0.2) is 0 Å². The Morgan fingerprint density at radius 2 is 2.00 bits per heavy atom. The molecule has 1 atom stereocenters. The highest BCUT2D eigenvalue weighted by atomic mass is 35.5. The summed E-state index contributed by atoms with van der Waals surface area (Å²) in [6, 6.07) is 7.85. The van der Waals surface area contributed by atoms with Gasteiger partial charge in [0.05, 0.1) is 30.5 Å². The molecule has 1 saturated heterocycles. The van der Waals surface area contributed by atoms with Crippen molar-refractivity contribution in [3.8, 4) is 0 Å². The summed E-state index contributed by atoms with van der Waals surface area (Å²) in [6.07, 6.45) is 2.95. The van der Waals surface area contributed by atoms with E-state index in [-0.39, 0.29) is 0 Å². The number of aliphatic hydroxyl groups is 1. The van der Waals surface area contributed by atoms with Crippen LogP contribution in [0, 0.1) is 0 Å². The maximum atomic E-state index is 10.6. The number of hydrogen-bond acceptors (Lipinski definition) is 8. The number of rotatable bonds is 8. The largest absolute Gasteiger partial charge is 0.390 e. The van der Waals surface area contributed by atoms with Crippen LogP contribution in [0.2, 0.25) is 5.02 Å². The monoisotopic (exact) mass is 490 g/mol. The summed E-state index contributed by atoms with van der Waals surface area (Å²) < 4.78 is 5.40. The van der Waals surface area contributed by atoms with Gasteiger partial charge in [-0.3, -0.25) is 4.90 Å². The molecule has 1 unspecified atom stereocenters. The lowest BCUT2D eigenvalue weighted by Crippen LogP contribution is -2.42. The summed E-state index contributed by atoms with van der Waals surface area (Å²) in [4.78, 5) is 15.7. The molecule has 2 N–H and O–H groups in total. The molecular formula is C23H27ClN4O2S2. The number of aromatic nitrogens is 2. The van der Waals surface area contributed by atoms with E-state index in [9.17, 15) is 5.11 Å². The average molecular weight is 491 g/mol. The van der Waals surface area contributed by atoms with Crippen LogP contribution >= 0.6 is 34.7 Å². The van der Waals surface area contributed by atoms with Gasteiger partial charge >= 0.3 is 0 Å². The number of hydrogen-bond donors (Lipinski definition) is 2. The molecule has 1 fully saturated rings. The number of aliphatic hydroxyl groups excluding tert-OH is 1. The minimum absolute atomic E-state index is 0.461. The normalized spacial score (nSPS) is 17.6. The minimum atomic E-state index is -0.461. The molecule has 0 bridgehead atoms. The number of anilines is 1. The van der Waals surface area contributed by atoms with Gasteiger partial charge in [-0.15, -0.1) is 23.1 Å². The number of aryl methyl sites for hydroxylation is 2. The van der Waals surface area contributed by atoms with E-state index in [1.165, 1.54) is 16.9 Å². The molecule has 1 aliphatic heterocycles. The van der Waals surface area contributed by atoms with Crippen molar-refractivity contribution in [2.24, 2.45) is 0 Å². The first-order valence-corrected chi connectivity index (χ1v) is 13.3. The van der Waals surface area contributed by atoms with Crippen LogP contribution in [0.25, 0.3) is 10.2 Å². The summed E-state index contributed by atoms with van der Waals surface area (Å²) >= 11 is 9.50. The molecule has 1 aromatic carbocycles. The molecule has 0 radical (unpaired) electrons. The Kier molecular flexibility index (Phi) is 7.16. The molecule has 1 aliphatic carbocycles. The van der Waals surface area contributed by atoms with E-state index in [0.29, 0.717) is 18.8 Å². The Hall–Kier alpha value is -1.42. The van der Waals surface area contributed by atoms with Crippen LogP contribution in [0.5, 0.6) is 0 Å². The van der Waals surface area contributed by atoms with E-state index in [4.69, 9.17) is 26.3 Å². The van der Waals surface area contributed by atoms with Crippen LogP contribution in [-0.4, -0.2) is 65.5 Å². The van der Waals surface area contributed by atoms with E-state index < -0.39 is 6.10 Å². The Bertz CT molecular complexity index is 1070. The molecule has 3 heterocycles. The molecule has 2 aliphatic rings. The van der Waals surface area contributed by atoms with Crippen molar-refractivity contribution in [2.45, 2.75) is 36.0 Å². The summed E-state index contributed by atoms with van der Waals surface area (Å²) in [5.41, 5.74) is 1.40. The maximum absolute atomic E-state index is 10.6. The molecule has 2 aromatic heterocycles. The number of thioether (sulfide) groups is 1. The van der Waals surface area contributed by atoms with Crippen molar-refractivity contribution >= 4 is 50.7 Å². The van der Waals surface area contributed by atoms with E-state index >= 15 is 0 Å². The molecule has 170 valence electrons. The van der Waals surface area contributed by atoms with Crippen LogP contribution < -0.4 is 5.32 Å². The van der Waals surface area contributed by atoms with Gasteiger partial charge in [0.25, 0.3) is 0 Å². The number of β-amino-alcohol motifs (C(OH)–C–C–N with tert-alkyl or cyclic N) is 1. The van der Waals surface area contributed by atoms with Crippen LogP contribution in [-0.2, 0) is 23.3 Å². The molecule has 0 saturated carbocycles. The molecule has 0 amide bonds. The second-order valence-electron chi connectivity index (χ2n) is 8.22. The Morgan fingerprint density at radius 3 is 2.81 bits per heavy atom. The predicted octanol–water partition coefficient (Wildman–Crippen LogP) is 4.23. The van der Waals surface area contributed by atoms with Crippen LogP contribution in [0.1, 0.15) is 22.7 Å². The van der Waals surface area contributed by atoms with Crippen molar-refractivity contribution in [2.75, 3.05) is 44.7 Å². The van der Waals surface area contributed by atoms with Crippen molar-refractivity contribution in [1.29, 1.82) is 0 Å². The predicted molar refractivity (Wildman–Crippen MR) is 132 cm³/mol. The standard InChI is InChI=1S/C23H27ClN4O2S2/c24-15-4-6-17(7-5-15)31-14-20-26-22(21-18-2-1-3-19(18)32-23(21)27-20)25-12-16(29)13-28-8-10-30-11-9-28/h4-7,16,29H,1-3,8-14H2,(H,25,26,27). The zero-order chi connectivity index (χ0) is 21.9. The van der Waals surface area contributed by atoms with Crippen LogP contribution in [0.4, 0.5) is 5.82 Å². The maximum Gasteiger partial charge on any atom is 0.142 e. The fourth-order valence-electron chi connectivity index (χ4n) is 4.27. The number of ether oxygens (including phenoxy) is 1. The van der Waals surface area contributed by atoms with Gasteiger partial charge in [0.1, 0.15) is 16.5 Å². The quantitative estimate of drug-likeness (QED) is 0.458. The summed E-state index contributed by atoms with van der Waals surface area (Å²) in [5, 5.41) is 16.0. The lowest BCUT2D eigenvalue weighted by molar-refractivity contribution is 0.0171. The van der Waals surface area contributed by atoms with Gasteiger partial charge in [-0.2, -0.15) is 0 Å². The molecule has 6 nitrogen and oxygen atoms in total. The summed E-state index contributed by atoms with van der Waals surface area (Å²) in [7, 11) is 0. The van der Waals surface area contributed by atoms with E-state index in [1.807, 2.05) is 24.3 Å². The number of halogens is 1. The fraction of sp³-hybridized carbons (Fsp3) is 0.478. The van der Waals surface area contributed by atoms with Crippen molar-refractivity contribution in [3.05, 3.63) is 45.6 Å². The number of benzene rings is 1. The van der Waals surface area contributed by atoms with Gasteiger partial charge in [-0.1, -0.05) is 11.6 Å². The first-order valence-electron chi connectivity index (χ1n) is 11.1. The number of thiophene rings is 1. The lowest BCUT2D eigenvalue weighted by Gasteiger charge is -2.28. The number of morpholine rings is 1. The molecule has 0 spiro atoms. The highest BCUT2D eigenvalue weighted by Crippen LogP contribution is 2.40.